The molecular formula is C11H19N3O. The molecule has 0 bridgehead atoms. The van der Waals surface area contributed by atoms with Gasteiger partial charge in [0, 0.05) is 26.0 Å². The quantitative estimate of drug-likeness (QED) is 0.811. The van der Waals surface area contributed by atoms with Crippen molar-refractivity contribution in [2.24, 2.45) is 7.05 Å². The molecule has 2 rings (SSSR count). The number of aryl methyl sites for hydroxylation is 1. The van der Waals surface area contributed by atoms with Crippen LogP contribution in [0, 0.1) is 0 Å². The van der Waals surface area contributed by atoms with E-state index < -0.39 is 0 Å². The molecule has 0 amide bonds. The van der Waals surface area contributed by atoms with Gasteiger partial charge in [0.2, 0.25) is 0 Å². The second-order valence-electron chi connectivity index (χ2n) is 3.98. The highest BCUT2D eigenvalue weighted by atomic mass is 16.5. The number of nitrogens with zero attached hydrogens (tertiary/aromatic N) is 2. The number of imidazole rings is 1. The lowest BCUT2D eigenvalue weighted by Crippen LogP contribution is -2.33. The molecule has 0 saturated carbocycles. The maximum atomic E-state index is 5.73. The fourth-order valence-electron chi connectivity index (χ4n) is 2.15. The van der Waals surface area contributed by atoms with Gasteiger partial charge in [-0.05, 0) is 19.4 Å². The van der Waals surface area contributed by atoms with Crippen LogP contribution in [0.4, 0.5) is 0 Å². The third-order valence-electron chi connectivity index (χ3n) is 2.90. The minimum atomic E-state index is 0.234. The van der Waals surface area contributed by atoms with Gasteiger partial charge in [0.1, 0.15) is 5.82 Å². The number of likely N-dealkylation sites (N-methyl/N-ethyl adjacent to an activating group) is 1. The second kappa shape index (κ2) is 4.77. The Morgan fingerprint density at radius 2 is 2.60 bits per heavy atom. The molecule has 1 saturated heterocycles. The van der Waals surface area contributed by atoms with Crippen molar-refractivity contribution in [3.8, 4) is 0 Å². The molecule has 1 aliphatic heterocycles. The topological polar surface area (TPSA) is 39.1 Å². The Morgan fingerprint density at radius 1 is 1.73 bits per heavy atom. The Morgan fingerprint density at radius 3 is 3.13 bits per heavy atom. The van der Waals surface area contributed by atoms with E-state index in [-0.39, 0.29) is 12.1 Å². The van der Waals surface area contributed by atoms with E-state index in [4.69, 9.17) is 4.74 Å². The van der Waals surface area contributed by atoms with Gasteiger partial charge < -0.3 is 14.6 Å². The molecule has 0 spiro atoms. The first-order valence-electron chi connectivity index (χ1n) is 5.65. The average Bonchev–Trinajstić information content (AvgIpc) is 2.85. The number of hydrogen-bond donors (Lipinski definition) is 1. The van der Waals surface area contributed by atoms with Crippen LogP contribution in [-0.2, 0) is 11.8 Å². The lowest BCUT2D eigenvalue weighted by atomic mass is 10.1. The minimum absolute atomic E-state index is 0.234. The fourth-order valence-corrected chi connectivity index (χ4v) is 2.15. The first-order chi connectivity index (χ1) is 7.33. The van der Waals surface area contributed by atoms with Crippen LogP contribution >= 0.6 is 0 Å². The summed E-state index contributed by atoms with van der Waals surface area (Å²) >= 11 is 0. The van der Waals surface area contributed by atoms with E-state index in [1.165, 1.54) is 0 Å². The maximum Gasteiger partial charge on any atom is 0.128 e. The molecule has 2 unspecified atom stereocenters. The van der Waals surface area contributed by atoms with Crippen molar-refractivity contribution in [2.75, 3.05) is 13.2 Å². The molecule has 84 valence electrons. The zero-order valence-corrected chi connectivity index (χ0v) is 9.44. The molecule has 2 atom stereocenters. The van der Waals surface area contributed by atoms with Crippen LogP contribution < -0.4 is 5.32 Å². The van der Waals surface area contributed by atoms with Gasteiger partial charge in [0.15, 0.2) is 0 Å². The molecule has 4 nitrogen and oxygen atoms in total. The van der Waals surface area contributed by atoms with E-state index in [0.717, 1.165) is 31.8 Å². The highest BCUT2D eigenvalue weighted by molar-refractivity contribution is 5.02. The van der Waals surface area contributed by atoms with Crippen LogP contribution in [0.5, 0.6) is 0 Å². The summed E-state index contributed by atoms with van der Waals surface area (Å²) in [5.74, 6) is 1.07. The maximum absolute atomic E-state index is 5.73. The normalized spacial score (nSPS) is 23.2. The van der Waals surface area contributed by atoms with Gasteiger partial charge >= 0.3 is 0 Å². The van der Waals surface area contributed by atoms with Crippen molar-refractivity contribution in [3.05, 3.63) is 18.2 Å². The van der Waals surface area contributed by atoms with Crippen LogP contribution in [0.1, 0.15) is 31.6 Å². The van der Waals surface area contributed by atoms with Gasteiger partial charge in [-0.2, -0.15) is 0 Å². The van der Waals surface area contributed by atoms with Crippen LogP contribution in [0.25, 0.3) is 0 Å². The Bertz CT molecular complexity index is 305. The van der Waals surface area contributed by atoms with Gasteiger partial charge in [0.25, 0.3) is 0 Å². The predicted octanol–water partition coefficient (Wildman–Crippen LogP) is 1.25. The summed E-state index contributed by atoms with van der Waals surface area (Å²) in [4.78, 5) is 4.40. The van der Waals surface area contributed by atoms with Crippen molar-refractivity contribution >= 4 is 0 Å². The first kappa shape index (κ1) is 10.6. The zero-order valence-electron chi connectivity index (χ0n) is 9.44. The smallest absolute Gasteiger partial charge is 0.128 e. The lowest BCUT2D eigenvalue weighted by molar-refractivity contribution is 0.0753. The summed E-state index contributed by atoms with van der Waals surface area (Å²) in [6, 6.07) is 0.234. The third-order valence-corrected chi connectivity index (χ3v) is 2.90. The highest BCUT2D eigenvalue weighted by Gasteiger charge is 2.28. The van der Waals surface area contributed by atoms with E-state index in [2.05, 4.69) is 21.8 Å². The van der Waals surface area contributed by atoms with Gasteiger partial charge in [0.05, 0.1) is 12.1 Å². The molecule has 1 aromatic heterocycles. The molecule has 0 aromatic carbocycles. The number of aromatic nitrogens is 2. The van der Waals surface area contributed by atoms with E-state index in [1.807, 2.05) is 19.4 Å². The standard InChI is InChI=1S/C11H19N3O/c1-3-12-10(9-5-4-8-15-9)11-13-6-7-14(11)2/h6-7,9-10,12H,3-5,8H2,1-2H3. The van der Waals surface area contributed by atoms with E-state index in [0.29, 0.717) is 0 Å². The Hall–Kier alpha value is -0.870. The highest BCUT2D eigenvalue weighted by Crippen LogP contribution is 2.25. The van der Waals surface area contributed by atoms with Crippen molar-refractivity contribution in [1.29, 1.82) is 0 Å². The van der Waals surface area contributed by atoms with Crippen LogP contribution in [0.2, 0.25) is 0 Å². The number of nitrogens with one attached hydrogen (secondary N) is 1. The van der Waals surface area contributed by atoms with Crippen molar-refractivity contribution in [1.82, 2.24) is 14.9 Å². The van der Waals surface area contributed by atoms with E-state index in [9.17, 15) is 0 Å². The second-order valence-corrected chi connectivity index (χ2v) is 3.98. The molecule has 0 radical (unpaired) electrons. The minimum Gasteiger partial charge on any atom is -0.376 e. The van der Waals surface area contributed by atoms with E-state index in [1.54, 1.807) is 0 Å². The van der Waals surface area contributed by atoms with E-state index >= 15 is 0 Å². The monoisotopic (exact) mass is 209 g/mol. The summed E-state index contributed by atoms with van der Waals surface area (Å²) < 4.78 is 7.80. The van der Waals surface area contributed by atoms with Gasteiger partial charge in [-0.15, -0.1) is 0 Å². The number of ether oxygens (including phenoxy) is 1. The Labute approximate surface area is 90.6 Å². The summed E-state index contributed by atoms with van der Waals surface area (Å²) in [5, 5.41) is 3.46. The third kappa shape index (κ3) is 2.21. The molecule has 15 heavy (non-hydrogen) atoms. The molecule has 1 N–H and O–H groups in total. The molecule has 0 aliphatic carbocycles. The first-order valence-corrected chi connectivity index (χ1v) is 5.65. The molecule has 1 fully saturated rings. The predicted molar refractivity (Wildman–Crippen MR) is 58.6 cm³/mol. The SMILES string of the molecule is CCNC(c1nccn1C)C1CCCO1. The zero-order chi connectivity index (χ0) is 10.7. The number of rotatable bonds is 4. The molecule has 1 aromatic rings. The molecule has 2 heterocycles. The molecule has 1 aliphatic rings. The summed E-state index contributed by atoms with van der Waals surface area (Å²) in [6.07, 6.45) is 6.40. The van der Waals surface area contributed by atoms with Crippen molar-refractivity contribution in [2.45, 2.75) is 31.9 Å². The summed E-state index contributed by atoms with van der Waals surface area (Å²) in [7, 11) is 2.03. The summed E-state index contributed by atoms with van der Waals surface area (Å²) in [6.45, 7) is 3.94. The largest absolute Gasteiger partial charge is 0.376 e. The summed E-state index contributed by atoms with van der Waals surface area (Å²) in [5.41, 5.74) is 0. The Balaban J connectivity index is 2.15. The van der Waals surface area contributed by atoms with Crippen molar-refractivity contribution in [3.63, 3.8) is 0 Å². The van der Waals surface area contributed by atoms with Crippen LogP contribution in [0.3, 0.4) is 0 Å². The molecule has 4 heteroatoms. The fraction of sp³-hybridized carbons (Fsp3) is 0.727. The van der Waals surface area contributed by atoms with Crippen LogP contribution in [0.15, 0.2) is 12.4 Å². The van der Waals surface area contributed by atoms with Crippen LogP contribution in [-0.4, -0.2) is 28.8 Å². The lowest BCUT2D eigenvalue weighted by Gasteiger charge is -2.23. The van der Waals surface area contributed by atoms with Gasteiger partial charge in [-0.25, -0.2) is 4.98 Å². The number of hydrogen-bond acceptors (Lipinski definition) is 3. The molecular weight excluding hydrogens is 190 g/mol. The van der Waals surface area contributed by atoms with Gasteiger partial charge in [-0.1, -0.05) is 6.92 Å². The average molecular weight is 209 g/mol. The van der Waals surface area contributed by atoms with Gasteiger partial charge in [-0.3, -0.25) is 0 Å². The van der Waals surface area contributed by atoms with Crippen molar-refractivity contribution < 1.29 is 4.74 Å². The Kier molecular flexibility index (Phi) is 3.38.